The number of carboxylic acids is 1. The van der Waals surface area contributed by atoms with Crippen LogP contribution in [0.3, 0.4) is 0 Å². The van der Waals surface area contributed by atoms with Crippen LogP contribution in [0.5, 0.6) is 0 Å². The molecule has 1 aliphatic heterocycles. The highest BCUT2D eigenvalue weighted by atomic mass is 32.2. The first-order chi connectivity index (χ1) is 14.3. The maximum absolute atomic E-state index is 13.2. The van der Waals surface area contributed by atoms with Gasteiger partial charge in [-0.05, 0) is 41.1 Å². The van der Waals surface area contributed by atoms with E-state index >= 15 is 0 Å². The number of carboxylic acid groups (broad SMARTS) is 1. The number of nitrogens with one attached hydrogen (secondary N) is 2. The Kier molecular flexibility index (Phi) is 3.81. The predicted octanol–water partition coefficient (Wildman–Crippen LogP) is 4.06. The molecule has 148 valence electrons. The van der Waals surface area contributed by atoms with Crippen LogP contribution in [-0.4, -0.2) is 25.4 Å². The van der Waals surface area contributed by atoms with E-state index in [0.717, 1.165) is 0 Å². The van der Waals surface area contributed by atoms with Gasteiger partial charge >= 0.3 is 5.97 Å². The SMILES string of the molecule is O=C(O)c1cc2ccccc2cc1NS(=O)(=O)c1ccc2c3c(cccc13)C(=O)N2. The zero-order valence-electron chi connectivity index (χ0n) is 15.3. The number of aromatic carboxylic acids is 1. The zero-order chi connectivity index (χ0) is 21.0. The number of carbonyl (C=O) groups excluding carboxylic acids is 1. The van der Waals surface area contributed by atoms with Crippen LogP contribution in [0.2, 0.25) is 0 Å². The minimum Gasteiger partial charge on any atom is -0.478 e. The monoisotopic (exact) mass is 418 g/mol. The van der Waals surface area contributed by atoms with E-state index in [1.165, 1.54) is 24.3 Å². The maximum Gasteiger partial charge on any atom is 0.337 e. The number of amides is 1. The van der Waals surface area contributed by atoms with Crippen molar-refractivity contribution in [3.05, 3.63) is 77.9 Å². The minimum atomic E-state index is -4.14. The van der Waals surface area contributed by atoms with E-state index in [0.29, 0.717) is 32.8 Å². The van der Waals surface area contributed by atoms with Crippen molar-refractivity contribution < 1.29 is 23.1 Å². The van der Waals surface area contributed by atoms with Gasteiger partial charge in [-0.15, -0.1) is 0 Å². The van der Waals surface area contributed by atoms with E-state index in [-0.39, 0.29) is 22.1 Å². The molecule has 0 bridgehead atoms. The molecule has 0 radical (unpaired) electrons. The first-order valence-electron chi connectivity index (χ1n) is 9.01. The second-order valence-corrected chi connectivity index (χ2v) is 8.60. The highest BCUT2D eigenvalue weighted by Gasteiger charge is 2.27. The van der Waals surface area contributed by atoms with Crippen molar-refractivity contribution in [2.24, 2.45) is 0 Å². The van der Waals surface area contributed by atoms with Gasteiger partial charge in [0.1, 0.15) is 0 Å². The summed E-state index contributed by atoms with van der Waals surface area (Å²) in [7, 11) is -4.14. The van der Waals surface area contributed by atoms with Crippen LogP contribution in [0.1, 0.15) is 20.7 Å². The molecule has 30 heavy (non-hydrogen) atoms. The molecular weight excluding hydrogens is 404 g/mol. The van der Waals surface area contributed by atoms with Crippen molar-refractivity contribution >= 4 is 54.8 Å². The molecule has 8 heteroatoms. The molecule has 0 aromatic heterocycles. The van der Waals surface area contributed by atoms with Crippen LogP contribution in [0.25, 0.3) is 21.5 Å². The Morgan fingerprint density at radius 1 is 0.933 bits per heavy atom. The lowest BCUT2D eigenvalue weighted by molar-refractivity contribution is 0.0698. The van der Waals surface area contributed by atoms with Gasteiger partial charge in [-0.2, -0.15) is 0 Å². The fourth-order valence-electron chi connectivity index (χ4n) is 3.80. The quantitative estimate of drug-likeness (QED) is 0.463. The Balaban J connectivity index is 1.68. The lowest BCUT2D eigenvalue weighted by atomic mass is 10.1. The van der Waals surface area contributed by atoms with Crippen LogP contribution >= 0.6 is 0 Å². The Morgan fingerprint density at radius 2 is 1.67 bits per heavy atom. The van der Waals surface area contributed by atoms with Crippen molar-refractivity contribution in [2.75, 3.05) is 10.0 Å². The van der Waals surface area contributed by atoms with Crippen molar-refractivity contribution in [3.63, 3.8) is 0 Å². The Morgan fingerprint density at radius 3 is 2.40 bits per heavy atom. The number of carbonyl (C=O) groups is 2. The summed E-state index contributed by atoms with van der Waals surface area (Å²) in [5, 5.41) is 14.6. The fraction of sp³-hybridized carbons (Fsp3) is 0. The van der Waals surface area contributed by atoms with E-state index in [1.807, 2.05) is 0 Å². The van der Waals surface area contributed by atoms with Crippen molar-refractivity contribution in [1.29, 1.82) is 0 Å². The topological polar surface area (TPSA) is 113 Å². The van der Waals surface area contributed by atoms with Gasteiger partial charge in [-0.3, -0.25) is 9.52 Å². The first kappa shape index (κ1) is 18.1. The average Bonchev–Trinajstić information content (AvgIpc) is 3.04. The van der Waals surface area contributed by atoms with Crippen molar-refractivity contribution in [1.82, 2.24) is 0 Å². The first-order valence-corrected chi connectivity index (χ1v) is 10.5. The summed E-state index contributed by atoms with van der Waals surface area (Å²) < 4.78 is 28.9. The van der Waals surface area contributed by atoms with E-state index in [9.17, 15) is 23.1 Å². The molecule has 0 unspecified atom stereocenters. The Hall–Kier alpha value is -3.91. The summed E-state index contributed by atoms with van der Waals surface area (Å²) in [6.07, 6.45) is 0. The third kappa shape index (κ3) is 2.69. The fourth-order valence-corrected chi connectivity index (χ4v) is 5.07. The number of anilines is 2. The largest absolute Gasteiger partial charge is 0.478 e. The Labute approximate surface area is 171 Å². The van der Waals surface area contributed by atoms with Gasteiger partial charge in [0.2, 0.25) is 0 Å². The van der Waals surface area contributed by atoms with Gasteiger partial charge in [0.25, 0.3) is 15.9 Å². The third-order valence-electron chi connectivity index (χ3n) is 5.14. The number of hydrogen-bond acceptors (Lipinski definition) is 4. The highest BCUT2D eigenvalue weighted by molar-refractivity contribution is 7.93. The summed E-state index contributed by atoms with van der Waals surface area (Å²) in [6, 6.07) is 17.8. The molecule has 4 aromatic rings. The Bertz CT molecular complexity index is 1510. The molecule has 7 nitrogen and oxygen atoms in total. The second-order valence-electron chi connectivity index (χ2n) is 6.95. The summed E-state index contributed by atoms with van der Waals surface area (Å²) in [4.78, 5) is 23.8. The molecule has 0 spiro atoms. The normalized spacial score (nSPS) is 12.9. The van der Waals surface area contributed by atoms with Gasteiger partial charge in [-0.25, -0.2) is 13.2 Å². The lowest BCUT2D eigenvalue weighted by Crippen LogP contribution is -2.16. The number of rotatable bonds is 4. The van der Waals surface area contributed by atoms with Gasteiger partial charge in [-0.1, -0.05) is 36.4 Å². The van der Waals surface area contributed by atoms with Crippen molar-refractivity contribution in [3.8, 4) is 0 Å². The van der Waals surface area contributed by atoms with Crippen LogP contribution in [0.4, 0.5) is 11.4 Å². The van der Waals surface area contributed by atoms with Crippen LogP contribution < -0.4 is 10.0 Å². The molecule has 3 N–H and O–H groups in total. The molecule has 0 fully saturated rings. The highest BCUT2D eigenvalue weighted by Crippen LogP contribution is 2.37. The minimum absolute atomic E-state index is 0.0290. The van der Waals surface area contributed by atoms with Crippen LogP contribution in [0, 0.1) is 0 Å². The van der Waals surface area contributed by atoms with E-state index in [1.54, 1.807) is 42.5 Å². The van der Waals surface area contributed by atoms with Gasteiger partial charge < -0.3 is 10.4 Å². The molecule has 0 saturated carbocycles. The summed E-state index contributed by atoms with van der Waals surface area (Å²) in [5.74, 6) is -1.53. The predicted molar refractivity (Wildman–Crippen MR) is 114 cm³/mol. The molecule has 4 aromatic carbocycles. The summed E-state index contributed by atoms with van der Waals surface area (Å²) in [5.41, 5.74) is 0.761. The maximum atomic E-state index is 13.2. The lowest BCUT2D eigenvalue weighted by Gasteiger charge is -2.14. The summed E-state index contributed by atoms with van der Waals surface area (Å²) >= 11 is 0. The van der Waals surface area contributed by atoms with E-state index in [4.69, 9.17) is 0 Å². The van der Waals surface area contributed by atoms with E-state index in [2.05, 4.69) is 10.0 Å². The average molecular weight is 418 g/mol. The molecule has 1 amide bonds. The molecule has 1 heterocycles. The van der Waals surface area contributed by atoms with Crippen LogP contribution in [-0.2, 0) is 10.0 Å². The standard InChI is InChI=1S/C22H14N2O5S/c25-21-15-7-3-6-14-19(9-8-17(23-21)20(14)15)30(28,29)24-18-11-13-5-2-1-4-12(13)10-16(18)22(26)27/h1-11,24H,(H,23,25)(H,26,27). The smallest absolute Gasteiger partial charge is 0.337 e. The molecule has 1 aliphatic rings. The van der Waals surface area contributed by atoms with E-state index < -0.39 is 16.0 Å². The van der Waals surface area contributed by atoms with Gasteiger partial charge in [0.15, 0.2) is 0 Å². The molecule has 0 aliphatic carbocycles. The number of sulfonamides is 1. The zero-order valence-corrected chi connectivity index (χ0v) is 16.2. The molecular formula is C22H14N2O5S. The second kappa shape index (κ2) is 6.30. The summed E-state index contributed by atoms with van der Waals surface area (Å²) in [6.45, 7) is 0. The van der Waals surface area contributed by atoms with Gasteiger partial charge in [0, 0.05) is 22.0 Å². The number of hydrogen-bond donors (Lipinski definition) is 3. The number of benzene rings is 4. The number of fused-ring (bicyclic) bond motifs is 1. The molecule has 5 rings (SSSR count). The third-order valence-corrected chi connectivity index (χ3v) is 6.57. The van der Waals surface area contributed by atoms with Gasteiger partial charge in [0.05, 0.1) is 16.1 Å². The molecule has 0 atom stereocenters. The molecule has 0 saturated heterocycles. The van der Waals surface area contributed by atoms with Crippen LogP contribution in [0.15, 0.2) is 71.6 Å². The van der Waals surface area contributed by atoms with Crippen molar-refractivity contribution in [2.45, 2.75) is 4.90 Å².